The number of amides is 2. The number of aliphatic hydroxyl groups is 1. The third kappa shape index (κ3) is 5.09. The van der Waals surface area contributed by atoms with Crippen LogP contribution in [0.4, 0.5) is 23.2 Å². The standard InChI is InChI=1S/C35H30F4N4O7/c1-4-34(48)21-11-25-30-19(13-43(25)31(45)20(21)14-50-33(34)47)29-23(8-7-18-15(2)22(36)12-24(42-30)28(18)29)41-27(44)9-16-5-6-17(10-26(16)49-3)40-32(46)35(37,38)39/h5-6,10-12,23,48H,4,7-9,13-14H2,1-3H3,(H,40,46)(H,41,44)/t23-,34-/m0/s1. The van der Waals surface area contributed by atoms with Crippen molar-refractivity contribution in [2.24, 2.45) is 0 Å². The molecule has 3 N–H and O–H groups in total. The number of carbonyl (C=O) groups is 3. The number of aromatic nitrogens is 2. The molecule has 11 nitrogen and oxygen atoms in total. The summed E-state index contributed by atoms with van der Waals surface area (Å²) in [5, 5.41) is 16.7. The molecule has 2 atom stereocenters. The number of rotatable bonds is 6. The van der Waals surface area contributed by atoms with Gasteiger partial charge in [0.25, 0.3) is 5.56 Å². The average molecular weight is 695 g/mol. The van der Waals surface area contributed by atoms with E-state index in [4.69, 9.17) is 14.5 Å². The monoisotopic (exact) mass is 694 g/mol. The Labute approximate surface area is 281 Å². The van der Waals surface area contributed by atoms with Gasteiger partial charge in [0, 0.05) is 39.9 Å². The molecule has 260 valence electrons. The van der Waals surface area contributed by atoms with Crippen molar-refractivity contribution < 1.29 is 46.5 Å². The molecule has 0 radical (unpaired) electrons. The predicted molar refractivity (Wildman–Crippen MR) is 170 cm³/mol. The second kappa shape index (κ2) is 11.6. The van der Waals surface area contributed by atoms with Crippen molar-refractivity contribution >= 4 is 34.4 Å². The first-order valence-corrected chi connectivity index (χ1v) is 15.8. The molecule has 2 aromatic heterocycles. The zero-order valence-corrected chi connectivity index (χ0v) is 27.0. The van der Waals surface area contributed by atoms with Gasteiger partial charge in [0.1, 0.15) is 18.2 Å². The third-order valence-electron chi connectivity index (χ3n) is 9.87. The zero-order valence-electron chi connectivity index (χ0n) is 27.0. The lowest BCUT2D eigenvalue weighted by atomic mass is 9.81. The number of methoxy groups -OCH3 is 1. The van der Waals surface area contributed by atoms with E-state index < -0.39 is 47.0 Å². The van der Waals surface area contributed by atoms with Crippen molar-refractivity contribution in [1.82, 2.24) is 14.9 Å². The van der Waals surface area contributed by atoms with Gasteiger partial charge in [-0.25, -0.2) is 14.2 Å². The summed E-state index contributed by atoms with van der Waals surface area (Å²) in [6.07, 6.45) is -4.56. The Balaban J connectivity index is 1.28. The second-order valence-corrected chi connectivity index (χ2v) is 12.6. The Morgan fingerprint density at radius 3 is 2.62 bits per heavy atom. The zero-order chi connectivity index (χ0) is 35.9. The van der Waals surface area contributed by atoms with E-state index in [2.05, 4.69) is 5.32 Å². The van der Waals surface area contributed by atoms with Gasteiger partial charge in [0.2, 0.25) is 5.91 Å². The van der Waals surface area contributed by atoms with Crippen LogP contribution in [-0.4, -0.2) is 45.7 Å². The largest absolute Gasteiger partial charge is 0.496 e. The number of benzene rings is 2. The molecule has 15 heteroatoms. The Kier molecular flexibility index (Phi) is 7.73. The Bertz CT molecular complexity index is 2230. The van der Waals surface area contributed by atoms with Gasteiger partial charge >= 0.3 is 18.1 Å². The number of aryl methyl sites for hydroxylation is 1. The number of nitrogens with zero attached hydrogens (tertiary/aromatic N) is 2. The molecule has 0 spiro atoms. The summed E-state index contributed by atoms with van der Waals surface area (Å²) < 4.78 is 65.4. The number of fused-ring (bicyclic) bond motifs is 5. The summed E-state index contributed by atoms with van der Waals surface area (Å²) in [4.78, 5) is 56.3. The number of anilines is 1. The minimum atomic E-state index is -5.09. The summed E-state index contributed by atoms with van der Waals surface area (Å²) in [5.74, 6) is -3.84. The normalized spacial score (nSPS) is 19.0. The minimum Gasteiger partial charge on any atom is -0.496 e. The first-order valence-electron chi connectivity index (χ1n) is 15.8. The first kappa shape index (κ1) is 33.2. The smallest absolute Gasteiger partial charge is 0.471 e. The highest BCUT2D eigenvalue weighted by Gasteiger charge is 2.46. The lowest BCUT2D eigenvalue weighted by molar-refractivity contribution is -0.172. The van der Waals surface area contributed by atoms with Crippen molar-refractivity contribution in [3.05, 3.63) is 85.4 Å². The van der Waals surface area contributed by atoms with Gasteiger partial charge in [-0.1, -0.05) is 13.0 Å². The molecule has 2 aromatic carbocycles. The first-order chi connectivity index (χ1) is 23.7. The van der Waals surface area contributed by atoms with Crippen LogP contribution in [0.25, 0.3) is 22.3 Å². The van der Waals surface area contributed by atoms with Crippen LogP contribution in [0.3, 0.4) is 0 Å². The lowest BCUT2D eigenvalue weighted by Crippen LogP contribution is -2.44. The third-order valence-corrected chi connectivity index (χ3v) is 9.87. The van der Waals surface area contributed by atoms with Gasteiger partial charge < -0.3 is 29.8 Å². The van der Waals surface area contributed by atoms with E-state index >= 15 is 4.39 Å². The number of nitrogens with one attached hydrogen (secondary N) is 2. The summed E-state index contributed by atoms with van der Waals surface area (Å²) in [6.45, 7) is 3.03. The molecular formula is C35H30F4N4O7. The number of esters is 1. The fourth-order valence-electron chi connectivity index (χ4n) is 7.29. The number of pyridine rings is 2. The molecule has 2 aliphatic heterocycles. The molecule has 3 aliphatic rings. The molecule has 0 fully saturated rings. The quantitative estimate of drug-likeness (QED) is 0.175. The lowest BCUT2D eigenvalue weighted by Gasteiger charge is -2.31. The summed E-state index contributed by atoms with van der Waals surface area (Å²) in [5.41, 5.74) is 1.44. The molecule has 0 saturated carbocycles. The van der Waals surface area contributed by atoms with Gasteiger partial charge in [-0.3, -0.25) is 14.4 Å². The number of ether oxygens (including phenoxy) is 2. The molecule has 0 unspecified atom stereocenters. The molecule has 7 rings (SSSR count). The van der Waals surface area contributed by atoms with Crippen molar-refractivity contribution in [3.8, 4) is 17.1 Å². The molecule has 0 bridgehead atoms. The number of hydrogen-bond acceptors (Lipinski definition) is 8. The van der Waals surface area contributed by atoms with E-state index in [-0.39, 0.29) is 48.6 Å². The maximum atomic E-state index is 15.2. The fourth-order valence-corrected chi connectivity index (χ4v) is 7.29. The Morgan fingerprint density at radius 2 is 1.92 bits per heavy atom. The molecule has 1 aliphatic carbocycles. The van der Waals surface area contributed by atoms with E-state index in [1.807, 2.05) is 0 Å². The van der Waals surface area contributed by atoms with E-state index in [1.54, 1.807) is 25.2 Å². The number of carbonyl (C=O) groups excluding carboxylic acids is 3. The van der Waals surface area contributed by atoms with Gasteiger partial charge in [0.15, 0.2) is 5.60 Å². The van der Waals surface area contributed by atoms with Crippen LogP contribution in [0.5, 0.6) is 5.75 Å². The summed E-state index contributed by atoms with van der Waals surface area (Å²) in [6, 6.07) is 6.07. The number of alkyl halides is 3. The van der Waals surface area contributed by atoms with E-state index in [0.717, 1.165) is 5.56 Å². The molecule has 2 amide bonds. The van der Waals surface area contributed by atoms with Crippen molar-refractivity contribution in [3.63, 3.8) is 0 Å². The molecule has 4 heterocycles. The van der Waals surface area contributed by atoms with Crippen molar-refractivity contribution in [1.29, 1.82) is 0 Å². The predicted octanol–water partition coefficient (Wildman–Crippen LogP) is 4.38. The summed E-state index contributed by atoms with van der Waals surface area (Å²) >= 11 is 0. The van der Waals surface area contributed by atoms with Crippen LogP contribution in [0.1, 0.15) is 64.8 Å². The maximum absolute atomic E-state index is 15.2. The van der Waals surface area contributed by atoms with Gasteiger partial charge in [-0.2, -0.15) is 13.2 Å². The van der Waals surface area contributed by atoms with Crippen LogP contribution in [-0.2, 0) is 50.7 Å². The Morgan fingerprint density at radius 1 is 1.16 bits per heavy atom. The molecule has 4 aromatic rings. The SMILES string of the molecule is CC[C@@]1(O)C(=O)OCc2c1cc1n(c2=O)Cc2c-1nc1cc(F)c(C)c3c1c2[C@@H](NC(=O)Cc1ccc(NC(=O)C(F)(F)F)cc1OC)CC3. The van der Waals surface area contributed by atoms with Gasteiger partial charge in [-0.15, -0.1) is 0 Å². The fraction of sp³-hybridized carbons (Fsp3) is 0.343. The topological polar surface area (TPSA) is 149 Å². The second-order valence-electron chi connectivity index (χ2n) is 12.6. The molecular weight excluding hydrogens is 664 g/mol. The van der Waals surface area contributed by atoms with Crippen molar-refractivity contribution in [2.75, 3.05) is 12.4 Å². The van der Waals surface area contributed by atoms with Gasteiger partial charge in [0.05, 0.1) is 48.6 Å². The Hall–Kier alpha value is -5.31. The highest BCUT2D eigenvalue weighted by molar-refractivity contribution is 5.96. The molecule has 0 saturated heterocycles. The van der Waals surface area contributed by atoms with E-state index in [9.17, 15) is 37.5 Å². The average Bonchev–Trinajstić information content (AvgIpc) is 3.44. The van der Waals surface area contributed by atoms with Gasteiger partial charge in [-0.05, 0) is 55.0 Å². The van der Waals surface area contributed by atoms with E-state index in [1.165, 1.54) is 35.9 Å². The number of hydrogen-bond donors (Lipinski definition) is 3. The van der Waals surface area contributed by atoms with Crippen LogP contribution >= 0.6 is 0 Å². The number of halogens is 4. The maximum Gasteiger partial charge on any atom is 0.471 e. The van der Waals surface area contributed by atoms with Crippen LogP contribution in [0.2, 0.25) is 0 Å². The van der Waals surface area contributed by atoms with Crippen molar-refractivity contribution in [2.45, 2.75) is 70.5 Å². The van der Waals surface area contributed by atoms with Crippen LogP contribution in [0.15, 0.2) is 35.1 Å². The van der Waals surface area contributed by atoms with Crippen LogP contribution in [0, 0.1) is 12.7 Å². The highest BCUT2D eigenvalue weighted by atomic mass is 19.4. The van der Waals surface area contributed by atoms with E-state index in [0.29, 0.717) is 57.4 Å². The van der Waals surface area contributed by atoms with Crippen LogP contribution < -0.4 is 20.9 Å². The summed E-state index contributed by atoms with van der Waals surface area (Å²) in [7, 11) is 1.28. The molecule has 50 heavy (non-hydrogen) atoms. The highest BCUT2D eigenvalue weighted by Crippen LogP contribution is 2.46. The number of cyclic esters (lactones) is 1. The minimum absolute atomic E-state index is 0.0390.